The number of nitrogens with one attached hydrogen (secondary N) is 1. The largest absolute Gasteiger partial charge is 0.378 e. The molecule has 0 radical (unpaired) electrons. The molecule has 92 valence electrons. The maximum Gasteiger partial charge on any atom is 0.160 e. The molecule has 0 spiro atoms. The zero-order chi connectivity index (χ0) is 12.4. The second-order valence-electron chi connectivity index (χ2n) is 4.27. The minimum Gasteiger partial charge on any atom is -0.378 e. The van der Waals surface area contributed by atoms with Gasteiger partial charge in [-0.1, -0.05) is 22.9 Å². The van der Waals surface area contributed by atoms with Crippen molar-refractivity contribution < 1.29 is 9.53 Å². The normalized spacial score (nSPS) is 15.5. The van der Waals surface area contributed by atoms with E-state index in [0.717, 1.165) is 40.9 Å². The highest BCUT2D eigenvalue weighted by Gasteiger charge is 2.19. The lowest BCUT2D eigenvalue weighted by molar-refractivity contribution is 0.0211. The van der Waals surface area contributed by atoms with Gasteiger partial charge in [-0.05, 0) is 31.0 Å². The van der Waals surface area contributed by atoms with Crippen molar-refractivity contribution in [1.29, 1.82) is 0 Å². The van der Waals surface area contributed by atoms with Crippen LogP contribution in [0.15, 0.2) is 16.6 Å². The fourth-order valence-electron chi connectivity index (χ4n) is 1.95. The SMILES string of the molecule is CCc1c(Br)cc(NC2COC2)cc1C(C)=O. The molecule has 0 amide bonds. The second kappa shape index (κ2) is 5.19. The monoisotopic (exact) mass is 297 g/mol. The van der Waals surface area contributed by atoms with E-state index in [-0.39, 0.29) is 5.78 Å². The molecule has 1 saturated heterocycles. The van der Waals surface area contributed by atoms with Crippen LogP contribution in [0.2, 0.25) is 0 Å². The first-order valence-electron chi connectivity index (χ1n) is 5.79. The number of hydrogen-bond donors (Lipinski definition) is 1. The van der Waals surface area contributed by atoms with Gasteiger partial charge in [0.15, 0.2) is 5.78 Å². The van der Waals surface area contributed by atoms with E-state index in [4.69, 9.17) is 4.74 Å². The Labute approximate surface area is 110 Å². The van der Waals surface area contributed by atoms with E-state index in [9.17, 15) is 4.79 Å². The van der Waals surface area contributed by atoms with E-state index in [0.29, 0.717) is 6.04 Å². The molecule has 1 aliphatic rings. The van der Waals surface area contributed by atoms with Gasteiger partial charge < -0.3 is 10.1 Å². The van der Waals surface area contributed by atoms with Crippen LogP contribution in [0, 0.1) is 0 Å². The van der Waals surface area contributed by atoms with Crippen LogP contribution in [0.4, 0.5) is 5.69 Å². The number of ether oxygens (including phenoxy) is 1. The third kappa shape index (κ3) is 2.69. The summed E-state index contributed by atoms with van der Waals surface area (Å²) in [5.41, 5.74) is 2.85. The molecule has 1 aromatic rings. The molecule has 0 atom stereocenters. The molecule has 1 heterocycles. The van der Waals surface area contributed by atoms with Gasteiger partial charge in [0.25, 0.3) is 0 Å². The third-order valence-electron chi connectivity index (χ3n) is 2.94. The second-order valence-corrected chi connectivity index (χ2v) is 5.13. The fourth-order valence-corrected chi connectivity index (χ4v) is 2.69. The van der Waals surface area contributed by atoms with Gasteiger partial charge in [0, 0.05) is 15.7 Å². The smallest absolute Gasteiger partial charge is 0.160 e. The minimum absolute atomic E-state index is 0.107. The maximum absolute atomic E-state index is 11.6. The summed E-state index contributed by atoms with van der Waals surface area (Å²) >= 11 is 3.53. The molecular weight excluding hydrogens is 282 g/mol. The van der Waals surface area contributed by atoms with Crippen molar-refractivity contribution in [2.75, 3.05) is 18.5 Å². The van der Waals surface area contributed by atoms with Crippen molar-refractivity contribution in [2.24, 2.45) is 0 Å². The summed E-state index contributed by atoms with van der Waals surface area (Å²) in [6, 6.07) is 4.34. The molecule has 2 rings (SSSR count). The number of hydrogen-bond acceptors (Lipinski definition) is 3. The Morgan fingerprint density at radius 3 is 2.71 bits per heavy atom. The van der Waals surface area contributed by atoms with Crippen LogP contribution in [0.3, 0.4) is 0 Å². The van der Waals surface area contributed by atoms with Gasteiger partial charge in [-0.15, -0.1) is 0 Å². The van der Waals surface area contributed by atoms with Crippen LogP contribution < -0.4 is 5.32 Å². The van der Waals surface area contributed by atoms with Crippen molar-refractivity contribution in [2.45, 2.75) is 26.3 Å². The van der Waals surface area contributed by atoms with Crippen LogP contribution in [0.25, 0.3) is 0 Å². The Morgan fingerprint density at radius 1 is 1.53 bits per heavy atom. The van der Waals surface area contributed by atoms with E-state index in [1.807, 2.05) is 12.1 Å². The molecule has 1 aromatic carbocycles. The van der Waals surface area contributed by atoms with Gasteiger partial charge in [-0.3, -0.25) is 4.79 Å². The summed E-state index contributed by atoms with van der Waals surface area (Å²) in [4.78, 5) is 11.6. The van der Waals surface area contributed by atoms with Crippen LogP contribution in [-0.2, 0) is 11.2 Å². The van der Waals surface area contributed by atoms with E-state index >= 15 is 0 Å². The van der Waals surface area contributed by atoms with Gasteiger partial charge in [0.2, 0.25) is 0 Å². The summed E-state index contributed by atoms with van der Waals surface area (Å²) in [5, 5.41) is 3.36. The molecule has 17 heavy (non-hydrogen) atoms. The lowest BCUT2D eigenvalue weighted by Gasteiger charge is -2.28. The molecule has 0 aliphatic carbocycles. The van der Waals surface area contributed by atoms with Gasteiger partial charge in [-0.2, -0.15) is 0 Å². The summed E-state index contributed by atoms with van der Waals surface area (Å²) in [6.07, 6.45) is 0.850. The predicted octanol–water partition coefficient (Wildman–Crippen LogP) is 3.02. The van der Waals surface area contributed by atoms with Gasteiger partial charge >= 0.3 is 0 Å². The van der Waals surface area contributed by atoms with Crippen molar-refractivity contribution >= 4 is 27.4 Å². The molecule has 1 N–H and O–H groups in total. The Morgan fingerprint density at radius 2 is 2.24 bits per heavy atom. The number of carbonyl (C=O) groups excluding carboxylic acids is 1. The highest BCUT2D eigenvalue weighted by molar-refractivity contribution is 9.10. The Kier molecular flexibility index (Phi) is 3.84. The van der Waals surface area contributed by atoms with Crippen LogP contribution in [0.5, 0.6) is 0 Å². The first-order valence-corrected chi connectivity index (χ1v) is 6.58. The molecule has 0 bridgehead atoms. The Balaban J connectivity index is 2.31. The summed E-state index contributed by atoms with van der Waals surface area (Å²) in [6.45, 7) is 5.14. The third-order valence-corrected chi connectivity index (χ3v) is 3.64. The summed E-state index contributed by atoms with van der Waals surface area (Å²) < 4.78 is 6.11. The highest BCUT2D eigenvalue weighted by atomic mass is 79.9. The molecule has 3 nitrogen and oxygen atoms in total. The van der Waals surface area contributed by atoms with Crippen LogP contribution >= 0.6 is 15.9 Å². The zero-order valence-electron chi connectivity index (χ0n) is 10.0. The van der Waals surface area contributed by atoms with Gasteiger partial charge in [-0.25, -0.2) is 0 Å². The van der Waals surface area contributed by atoms with Crippen molar-refractivity contribution in [3.63, 3.8) is 0 Å². The Bertz CT molecular complexity index is 441. The predicted molar refractivity (Wildman–Crippen MR) is 71.8 cm³/mol. The first-order chi connectivity index (χ1) is 8.11. The molecule has 1 aliphatic heterocycles. The molecular formula is C13H16BrNO2. The number of anilines is 1. The molecule has 1 fully saturated rings. The van der Waals surface area contributed by atoms with E-state index < -0.39 is 0 Å². The number of rotatable bonds is 4. The van der Waals surface area contributed by atoms with Crippen molar-refractivity contribution in [1.82, 2.24) is 0 Å². The van der Waals surface area contributed by atoms with Crippen molar-refractivity contribution in [3.05, 3.63) is 27.7 Å². The molecule has 4 heteroatoms. The number of ketones is 1. The highest BCUT2D eigenvalue weighted by Crippen LogP contribution is 2.27. The zero-order valence-corrected chi connectivity index (χ0v) is 11.6. The average Bonchev–Trinajstić information content (AvgIpc) is 2.22. The summed E-state index contributed by atoms with van der Waals surface area (Å²) in [7, 11) is 0. The first kappa shape index (κ1) is 12.6. The maximum atomic E-state index is 11.6. The number of Topliss-reactive ketones (excluding diaryl/α,β-unsaturated/α-hetero) is 1. The molecule has 0 unspecified atom stereocenters. The standard InChI is InChI=1S/C13H16BrNO2/c1-3-11-12(8(2)16)4-9(5-13(11)14)15-10-6-17-7-10/h4-5,10,15H,3,6-7H2,1-2H3. The molecule has 0 saturated carbocycles. The number of benzene rings is 1. The van der Waals surface area contributed by atoms with E-state index in [1.54, 1.807) is 6.92 Å². The minimum atomic E-state index is 0.107. The fraction of sp³-hybridized carbons (Fsp3) is 0.462. The number of halogens is 1. The van der Waals surface area contributed by atoms with Gasteiger partial charge in [0.1, 0.15) is 0 Å². The lowest BCUT2D eigenvalue weighted by atomic mass is 10.0. The van der Waals surface area contributed by atoms with Crippen LogP contribution in [0.1, 0.15) is 29.8 Å². The van der Waals surface area contributed by atoms with E-state index in [1.165, 1.54) is 0 Å². The van der Waals surface area contributed by atoms with Crippen molar-refractivity contribution in [3.8, 4) is 0 Å². The average molecular weight is 298 g/mol. The van der Waals surface area contributed by atoms with E-state index in [2.05, 4.69) is 28.2 Å². The number of carbonyl (C=O) groups is 1. The summed E-state index contributed by atoms with van der Waals surface area (Å²) in [5.74, 6) is 0.107. The lowest BCUT2D eigenvalue weighted by Crippen LogP contribution is -2.40. The molecule has 0 aromatic heterocycles. The quantitative estimate of drug-likeness (QED) is 0.868. The van der Waals surface area contributed by atoms with Crippen LogP contribution in [-0.4, -0.2) is 25.0 Å². The topological polar surface area (TPSA) is 38.3 Å². The Hall–Kier alpha value is -0.870. The van der Waals surface area contributed by atoms with Gasteiger partial charge in [0.05, 0.1) is 19.3 Å².